The van der Waals surface area contributed by atoms with Crippen molar-refractivity contribution in [3.63, 3.8) is 0 Å². The molecule has 1 saturated heterocycles. The number of hydrogen-bond acceptors (Lipinski definition) is 6. The molecule has 0 saturated carbocycles. The van der Waals surface area contributed by atoms with Gasteiger partial charge in [-0.05, 0) is 31.0 Å². The Balaban J connectivity index is 1.92. The highest BCUT2D eigenvalue weighted by molar-refractivity contribution is 7.91. The van der Waals surface area contributed by atoms with Gasteiger partial charge in [-0.1, -0.05) is 6.07 Å². The minimum atomic E-state index is -3.09. The Labute approximate surface area is 134 Å². The summed E-state index contributed by atoms with van der Waals surface area (Å²) in [7, 11) is -1.60. The van der Waals surface area contributed by atoms with Crippen molar-refractivity contribution in [3.8, 4) is 5.75 Å². The predicted octanol–water partition coefficient (Wildman–Crippen LogP) is 0.503. The molecule has 126 valence electrons. The molecule has 1 aliphatic heterocycles. The summed E-state index contributed by atoms with van der Waals surface area (Å²) in [6.45, 7) is 1.27. The number of nitrogens with zero attached hydrogens (tertiary/aromatic N) is 1. The lowest BCUT2D eigenvalue weighted by Gasteiger charge is -2.23. The Morgan fingerprint density at radius 3 is 2.65 bits per heavy atom. The van der Waals surface area contributed by atoms with Gasteiger partial charge in [0.1, 0.15) is 11.3 Å². The number of ether oxygens (including phenoxy) is 1. The molecular weight excluding hydrogens is 322 g/mol. The van der Waals surface area contributed by atoms with Crippen molar-refractivity contribution in [1.82, 2.24) is 4.90 Å². The third-order valence-electron chi connectivity index (χ3n) is 3.85. The van der Waals surface area contributed by atoms with Crippen LogP contribution in [0.15, 0.2) is 18.2 Å². The number of rotatable bonds is 4. The second kappa shape index (κ2) is 6.57. The number of amides is 1. The summed E-state index contributed by atoms with van der Waals surface area (Å²) in [5, 5.41) is 9.70. The first-order valence-electron chi connectivity index (χ1n) is 7.12. The molecule has 1 aromatic rings. The van der Waals surface area contributed by atoms with E-state index in [1.807, 2.05) is 0 Å². The molecule has 0 aromatic heterocycles. The van der Waals surface area contributed by atoms with E-state index in [1.165, 1.54) is 24.1 Å². The number of likely N-dealkylation sites (N-methyl/N-ethyl adjacent to an activating group) is 1. The van der Waals surface area contributed by atoms with Crippen LogP contribution in [0.2, 0.25) is 0 Å². The number of phenolic OH excluding ortho intramolecular Hbond substituents is 1. The van der Waals surface area contributed by atoms with Gasteiger partial charge in [-0.15, -0.1) is 0 Å². The van der Waals surface area contributed by atoms with Gasteiger partial charge in [-0.2, -0.15) is 0 Å². The molecule has 0 radical (unpaired) electrons. The maximum Gasteiger partial charge on any atom is 0.342 e. The predicted molar refractivity (Wildman–Crippen MR) is 83.0 cm³/mol. The maximum absolute atomic E-state index is 12.0. The summed E-state index contributed by atoms with van der Waals surface area (Å²) in [6, 6.07) is 4.10. The summed E-state index contributed by atoms with van der Waals surface area (Å²) < 4.78 is 27.8. The quantitative estimate of drug-likeness (QED) is 0.801. The molecule has 1 aliphatic rings. The van der Waals surface area contributed by atoms with Crippen LogP contribution >= 0.6 is 0 Å². The molecule has 1 N–H and O–H groups in total. The number of hydrogen-bond donors (Lipinski definition) is 1. The van der Waals surface area contributed by atoms with Gasteiger partial charge in [-0.25, -0.2) is 13.2 Å². The van der Waals surface area contributed by atoms with Gasteiger partial charge in [-0.3, -0.25) is 4.79 Å². The van der Waals surface area contributed by atoms with Gasteiger partial charge in [0, 0.05) is 13.1 Å². The summed E-state index contributed by atoms with van der Waals surface area (Å²) in [5.41, 5.74) is 0.770. The Hall–Kier alpha value is -2.09. The normalized spacial score (nSPS) is 19.3. The van der Waals surface area contributed by atoms with E-state index in [9.17, 15) is 23.1 Å². The number of carbonyl (C=O) groups excluding carboxylic acids is 2. The molecule has 0 spiro atoms. The second-order valence-corrected chi connectivity index (χ2v) is 7.89. The molecule has 8 heteroatoms. The monoisotopic (exact) mass is 341 g/mol. The third-order valence-corrected chi connectivity index (χ3v) is 5.60. The highest BCUT2D eigenvalue weighted by atomic mass is 32.2. The van der Waals surface area contributed by atoms with Crippen LogP contribution in [0.5, 0.6) is 5.75 Å². The average molecular weight is 341 g/mol. The zero-order valence-corrected chi connectivity index (χ0v) is 13.8. The van der Waals surface area contributed by atoms with Crippen LogP contribution in [-0.4, -0.2) is 61.5 Å². The summed E-state index contributed by atoms with van der Waals surface area (Å²) in [4.78, 5) is 25.2. The van der Waals surface area contributed by atoms with E-state index in [-0.39, 0.29) is 28.9 Å². The van der Waals surface area contributed by atoms with Crippen molar-refractivity contribution >= 4 is 21.7 Å². The molecular formula is C15H19NO6S. The number of carbonyl (C=O) groups is 2. The van der Waals surface area contributed by atoms with E-state index >= 15 is 0 Å². The largest absolute Gasteiger partial charge is 0.507 e. The number of sulfone groups is 1. The highest BCUT2D eigenvalue weighted by Gasteiger charge is 2.33. The number of esters is 1. The van der Waals surface area contributed by atoms with Crippen molar-refractivity contribution in [2.45, 2.75) is 19.4 Å². The zero-order chi connectivity index (χ0) is 17.2. The Morgan fingerprint density at radius 2 is 2.09 bits per heavy atom. The fraction of sp³-hybridized carbons (Fsp3) is 0.467. The van der Waals surface area contributed by atoms with Crippen LogP contribution in [0.3, 0.4) is 0 Å². The SMILES string of the molecule is Cc1ccc(C(=O)OCC(=O)N(C)[C@@H]2CCS(=O)(=O)C2)c(O)c1. The van der Waals surface area contributed by atoms with Crippen LogP contribution in [0.4, 0.5) is 0 Å². The Kier molecular flexibility index (Phi) is 4.93. The third kappa shape index (κ3) is 4.22. The van der Waals surface area contributed by atoms with Crippen LogP contribution in [0.25, 0.3) is 0 Å². The van der Waals surface area contributed by atoms with Crippen LogP contribution in [0.1, 0.15) is 22.3 Å². The Bertz CT molecular complexity index is 727. The van der Waals surface area contributed by atoms with E-state index in [0.29, 0.717) is 6.42 Å². The van der Waals surface area contributed by atoms with E-state index in [1.54, 1.807) is 13.0 Å². The van der Waals surface area contributed by atoms with Gasteiger partial charge in [0.25, 0.3) is 5.91 Å². The maximum atomic E-state index is 12.0. The fourth-order valence-electron chi connectivity index (χ4n) is 2.41. The number of aromatic hydroxyl groups is 1. The van der Waals surface area contributed by atoms with Crippen molar-refractivity contribution in [2.24, 2.45) is 0 Å². The van der Waals surface area contributed by atoms with Crippen molar-refractivity contribution in [2.75, 3.05) is 25.2 Å². The minimum absolute atomic E-state index is 0.0190. The molecule has 1 aromatic carbocycles. The summed E-state index contributed by atoms with van der Waals surface area (Å²) in [6.07, 6.45) is 0.386. The number of benzene rings is 1. The van der Waals surface area contributed by atoms with Crippen LogP contribution in [-0.2, 0) is 19.4 Å². The average Bonchev–Trinajstić information content (AvgIpc) is 2.83. The van der Waals surface area contributed by atoms with Crippen LogP contribution in [0, 0.1) is 6.92 Å². The lowest BCUT2D eigenvalue weighted by Crippen LogP contribution is -2.40. The molecule has 2 rings (SSSR count). The van der Waals surface area contributed by atoms with Crippen molar-refractivity contribution in [3.05, 3.63) is 29.3 Å². The van der Waals surface area contributed by atoms with Crippen LogP contribution < -0.4 is 0 Å². The molecule has 1 fully saturated rings. The molecule has 1 heterocycles. The molecule has 0 bridgehead atoms. The highest BCUT2D eigenvalue weighted by Crippen LogP contribution is 2.20. The zero-order valence-electron chi connectivity index (χ0n) is 13.0. The molecule has 0 unspecified atom stereocenters. The molecule has 7 nitrogen and oxygen atoms in total. The molecule has 1 amide bonds. The van der Waals surface area contributed by atoms with Gasteiger partial charge in [0.2, 0.25) is 0 Å². The van der Waals surface area contributed by atoms with Crippen molar-refractivity contribution in [1.29, 1.82) is 0 Å². The number of aryl methyl sites for hydroxylation is 1. The first-order chi connectivity index (χ1) is 10.7. The lowest BCUT2D eigenvalue weighted by atomic mass is 10.1. The summed E-state index contributed by atoms with van der Waals surface area (Å²) in [5.74, 6) is -1.50. The van der Waals surface area contributed by atoms with E-state index < -0.39 is 28.3 Å². The van der Waals surface area contributed by atoms with Gasteiger partial charge in [0.05, 0.1) is 11.5 Å². The minimum Gasteiger partial charge on any atom is -0.507 e. The van der Waals surface area contributed by atoms with Gasteiger partial charge in [0.15, 0.2) is 16.4 Å². The first kappa shape index (κ1) is 17.3. The molecule has 23 heavy (non-hydrogen) atoms. The Morgan fingerprint density at radius 1 is 1.39 bits per heavy atom. The van der Waals surface area contributed by atoms with Gasteiger partial charge >= 0.3 is 5.97 Å². The molecule has 0 aliphatic carbocycles. The summed E-state index contributed by atoms with van der Waals surface area (Å²) >= 11 is 0. The van der Waals surface area contributed by atoms with E-state index in [2.05, 4.69) is 0 Å². The molecule has 1 atom stereocenters. The lowest BCUT2D eigenvalue weighted by molar-refractivity contribution is -0.134. The first-order valence-corrected chi connectivity index (χ1v) is 8.94. The number of phenols is 1. The standard InChI is InChI=1S/C15H19NO6S/c1-10-3-4-12(13(17)7-10)15(19)22-8-14(18)16(2)11-5-6-23(20,21)9-11/h3-4,7,11,17H,5-6,8-9H2,1-2H3/t11-/m1/s1. The van der Waals surface area contributed by atoms with Crippen molar-refractivity contribution < 1.29 is 27.9 Å². The second-order valence-electron chi connectivity index (χ2n) is 5.66. The smallest absolute Gasteiger partial charge is 0.342 e. The topological polar surface area (TPSA) is 101 Å². The van der Waals surface area contributed by atoms with E-state index in [0.717, 1.165) is 5.56 Å². The van der Waals surface area contributed by atoms with Gasteiger partial charge < -0.3 is 14.7 Å². The van der Waals surface area contributed by atoms with E-state index in [4.69, 9.17) is 4.74 Å². The fourth-order valence-corrected chi connectivity index (χ4v) is 4.18.